The van der Waals surface area contributed by atoms with Crippen molar-refractivity contribution < 1.29 is 0 Å². The minimum atomic E-state index is 0.0678. The van der Waals surface area contributed by atoms with Gasteiger partial charge in [0, 0.05) is 11.6 Å². The summed E-state index contributed by atoms with van der Waals surface area (Å²) in [6.07, 6.45) is 4.93. The van der Waals surface area contributed by atoms with Crippen LogP contribution in [-0.4, -0.2) is 6.21 Å². The number of benzene rings is 1. The lowest BCUT2D eigenvalue weighted by Gasteiger charge is -2.19. The molecule has 1 heterocycles. The molecule has 0 radical (unpaired) electrons. The topological polar surface area (TPSA) is 12.4 Å². The van der Waals surface area contributed by atoms with E-state index in [4.69, 9.17) is 0 Å². The summed E-state index contributed by atoms with van der Waals surface area (Å²) in [6.45, 7) is 5.98. The third-order valence-electron chi connectivity index (χ3n) is 2.58. The van der Waals surface area contributed by atoms with E-state index in [1.54, 1.807) is 0 Å². The second kappa shape index (κ2) is 2.84. The second-order valence-electron chi connectivity index (χ2n) is 3.69. The van der Waals surface area contributed by atoms with Crippen LogP contribution in [0.3, 0.4) is 0 Å². The molecule has 66 valence electrons. The zero-order chi connectivity index (χ0) is 9.31. The highest BCUT2D eigenvalue weighted by Gasteiger charge is 2.29. The zero-order valence-electron chi connectivity index (χ0n) is 7.83. The molecule has 0 amide bonds. The number of nitrogens with zero attached hydrogens (tertiary/aromatic N) is 1. The molecule has 1 atom stereocenters. The van der Waals surface area contributed by atoms with Crippen LogP contribution in [0, 0.1) is 0 Å². The minimum Gasteiger partial charge on any atom is -0.260 e. The van der Waals surface area contributed by atoms with E-state index in [0.717, 1.165) is 12.1 Å². The summed E-state index contributed by atoms with van der Waals surface area (Å²) in [7, 11) is 0. The van der Waals surface area contributed by atoms with Gasteiger partial charge in [-0.2, -0.15) is 0 Å². The number of rotatable bonds is 2. The molecular weight excluding hydrogens is 158 g/mol. The Bertz CT molecular complexity index is 365. The van der Waals surface area contributed by atoms with Gasteiger partial charge in [-0.15, -0.1) is 6.58 Å². The number of hydrogen-bond acceptors (Lipinski definition) is 1. The van der Waals surface area contributed by atoms with Crippen LogP contribution in [-0.2, 0) is 5.41 Å². The zero-order valence-corrected chi connectivity index (χ0v) is 7.83. The number of fused-ring (bicyclic) bond motifs is 1. The standard InChI is InChI=1S/C12H13N/c1-3-8-12(2)9-13-11-7-5-4-6-10(11)12/h3-7,9H,1,8H2,2H3. The van der Waals surface area contributed by atoms with Crippen molar-refractivity contribution in [1.82, 2.24) is 0 Å². The van der Waals surface area contributed by atoms with Crippen LogP contribution in [0.1, 0.15) is 18.9 Å². The van der Waals surface area contributed by atoms with Crippen molar-refractivity contribution in [3.8, 4) is 0 Å². The molecule has 1 aliphatic heterocycles. The molecule has 1 nitrogen and oxygen atoms in total. The van der Waals surface area contributed by atoms with E-state index in [-0.39, 0.29) is 5.41 Å². The summed E-state index contributed by atoms with van der Waals surface area (Å²) in [5.41, 5.74) is 2.49. The van der Waals surface area contributed by atoms with Crippen LogP contribution >= 0.6 is 0 Å². The Morgan fingerprint density at radius 3 is 3.00 bits per heavy atom. The van der Waals surface area contributed by atoms with Crippen molar-refractivity contribution in [2.24, 2.45) is 4.99 Å². The molecule has 0 saturated carbocycles. The third kappa shape index (κ3) is 1.21. The molecule has 1 aromatic rings. The lowest BCUT2D eigenvalue weighted by molar-refractivity contribution is 0.678. The molecule has 1 heteroatoms. The summed E-state index contributed by atoms with van der Waals surface area (Å²) < 4.78 is 0. The van der Waals surface area contributed by atoms with Crippen LogP contribution in [0.4, 0.5) is 5.69 Å². The number of aliphatic imine (C=N–C) groups is 1. The van der Waals surface area contributed by atoms with Gasteiger partial charge in [-0.25, -0.2) is 0 Å². The van der Waals surface area contributed by atoms with Gasteiger partial charge in [-0.1, -0.05) is 31.2 Å². The molecule has 0 N–H and O–H groups in total. The van der Waals surface area contributed by atoms with Crippen LogP contribution in [0.5, 0.6) is 0 Å². The van der Waals surface area contributed by atoms with Crippen molar-refractivity contribution >= 4 is 11.9 Å². The van der Waals surface area contributed by atoms with Gasteiger partial charge in [0.05, 0.1) is 5.69 Å². The average molecular weight is 171 g/mol. The minimum absolute atomic E-state index is 0.0678. The maximum Gasteiger partial charge on any atom is 0.0667 e. The summed E-state index contributed by atoms with van der Waals surface area (Å²) in [5.74, 6) is 0. The molecule has 1 aromatic carbocycles. The molecule has 1 unspecified atom stereocenters. The first kappa shape index (κ1) is 8.24. The molecule has 2 rings (SSSR count). The largest absolute Gasteiger partial charge is 0.260 e. The summed E-state index contributed by atoms with van der Waals surface area (Å²) >= 11 is 0. The van der Waals surface area contributed by atoms with E-state index in [1.165, 1.54) is 5.56 Å². The predicted molar refractivity (Wildman–Crippen MR) is 56.8 cm³/mol. The molecule has 0 fully saturated rings. The molecule has 1 aliphatic rings. The fourth-order valence-corrected chi connectivity index (χ4v) is 1.81. The van der Waals surface area contributed by atoms with Gasteiger partial charge in [0.1, 0.15) is 0 Å². The summed E-state index contributed by atoms with van der Waals surface area (Å²) in [6, 6.07) is 8.29. The van der Waals surface area contributed by atoms with E-state index < -0.39 is 0 Å². The fraction of sp³-hybridized carbons (Fsp3) is 0.250. The van der Waals surface area contributed by atoms with Gasteiger partial charge in [-0.3, -0.25) is 4.99 Å². The third-order valence-corrected chi connectivity index (χ3v) is 2.58. The van der Waals surface area contributed by atoms with Gasteiger partial charge in [0.15, 0.2) is 0 Å². The Balaban J connectivity index is 2.48. The number of hydrogen-bond donors (Lipinski definition) is 0. The van der Waals surface area contributed by atoms with Crippen molar-refractivity contribution in [2.75, 3.05) is 0 Å². The monoisotopic (exact) mass is 171 g/mol. The highest BCUT2D eigenvalue weighted by atomic mass is 14.8. The first-order valence-corrected chi connectivity index (χ1v) is 4.52. The molecular formula is C12H13N. The van der Waals surface area contributed by atoms with Crippen molar-refractivity contribution in [3.05, 3.63) is 42.5 Å². The van der Waals surface area contributed by atoms with Crippen molar-refractivity contribution in [2.45, 2.75) is 18.8 Å². The molecule has 0 spiro atoms. The molecule has 13 heavy (non-hydrogen) atoms. The second-order valence-corrected chi connectivity index (χ2v) is 3.69. The Hall–Kier alpha value is -1.37. The van der Waals surface area contributed by atoms with Crippen LogP contribution < -0.4 is 0 Å². The maximum atomic E-state index is 4.40. The lowest BCUT2D eigenvalue weighted by Crippen LogP contribution is -2.19. The molecule has 0 aromatic heterocycles. The van der Waals surface area contributed by atoms with E-state index in [0.29, 0.717) is 0 Å². The molecule has 0 bridgehead atoms. The average Bonchev–Trinajstić information content (AvgIpc) is 2.46. The normalized spacial score (nSPS) is 24.4. The highest BCUT2D eigenvalue weighted by molar-refractivity contribution is 5.84. The Morgan fingerprint density at radius 2 is 2.23 bits per heavy atom. The summed E-state index contributed by atoms with van der Waals surface area (Å²) in [4.78, 5) is 4.40. The van der Waals surface area contributed by atoms with E-state index in [2.05, 4.69) is 36.7 Å². The van der Waals surface area contributed by atoms with Crippen molar-refractivity contribution in [1.29, 1.82) is 0 Å². The Morgan fingerprint density at radius 1 is 1.46 bits per heavy atom. The van der Waals surface area contributed by atoms with Gasteiger partial charge >= 0.3 is 0 Å². The lowest BCUT2D eigenvalue weighted by atomic mass is 9.82. The summed E-state index contributed by atoms with van der Waals surface area (Å²) in [5, 5.41) is 0. The fourth-order valence-electron chi connectivity index (χ4n) is 1.81. The smallest absolute Gasteiger partial charge is 0.0667 e. The van der Waals surface area contributed by atoms with E-state index >= 15 is 0 Å². The van der Waals surface area contributed by atoms with E-state index in [9.17, 15) is 0 Å². The van der Waals surface area contributed by atoms with Crippen molar-refractivity contribution in [3.63, 3.8) is 0 Å². The Labute approximate surface area is 78.8 Å². The Kier molecular flexibility index (Phi) is 1.80. The van der Waals surface area contributed by atoms with Gasteiger partial charge in [0.25, 0.3) is 0 Å². The number of para-hydroxylation sites is 1. The van der Waals surface area contributed by atoms with E-state index in [1.807, 2.05) is 18.4 Å². The van der Waals surface area contributed by atoms with Gasteiger partial charge < -0.3 is 0 Å². The van der Waals surface area contributed by atoms with Crippen LogP contribution in [0.2, 0.25) is 0 Å². The SMILES string of the molecule is C=CCC1(C)C=Nc2ccccc21. The molecule has 0 aliphatic carbocycles. The molecule has 0 saturated heterocycles. The van der Waals surface area contributed by atoms with Crippen LogP contribution in [0.15, 0.2) is 41.9 Å². The maximum absolute atomic E-state index is 4.40. The van der Waals surface area contributed by atoms with Gasteiger partial charge in [-0.05, 0) is 18.1 Å². The van der Waals surface area contributed by atoms with Crippen LogP contribution in [0.25, 0.3) is 0 Å². The van der Waals surface area contributed by atoms with Gasteiger partial charge in [0.2, 0.25) is 0 Å². The highest BCUT2D eigenvalue weighted by Crippen LogP contribution is 2.38. The number of allylic oxidation sites excluding steroid dienone is 1. The first-order valence-electron chi connectivity index (χ1n) is 4.52. The first-order chi connectivity index (χ1) is 6.26. The quantitative estimate of drug-likeness (QED) is 0.606. The predicted octanol–water partition coefficient (Wildman–Crippen LogP) is 3.24.